The minimum Gasteiger partial charge on any atom is -0.449 e. The van der Waals surface area contributed by atoms with Gasteiger partial charge in [-0.3, -0.25) is 0 Å². The Bertz CT molecular complexity index is 185. The second-order valence-corrected chi connectivity index (χ2v) is 3.80. The number of carbonyl (C=O) groups is 1. The molecule has 0 radical (unpaired) electrons. The second kappa shape index (κ2) is 5.86. The summed E-state index contributed by atoms with van der Waals surface area (Å²) in [5, 5.41) is 3.11. The predicted molar refractivity (Wildman–Crippen MR) is 55.2 cm³/mol. The number of ether oxygens (including phenoxy) is 1. The lowest BCUT2D eigenvalue weighted by Crippen LogP contribution is -2.46. The summed E-state index contributed by atoms with van der Waals surface area (Å²) in [6.45, 7) is 5.26. The van der Waals surface area contributed by atoms with Crippen LogP contribution in [0.5, 0.6) is 0 Å². The first kappa shape index (κ1) is 11.3. The summed E-state index contributed by atoms with van der Waals surface area (Å²) < 4.78 is 5.10. The zero-order valence-electron chi connectivity index (χ0n) is 9.08. The van der Waals surface area contributed by atoms with Crippen LogP contribution in [0.2, 0.25) is 0 Å². The van der Waals surface area contributed by atoms with Crippen LogP contribution in [0.25, 0.3) is 0 Å². The molecule has 0 bridgehead atoms. The van der Waals surface area contributed by atoms with Crippen molar-refractivity contribution >= 4 is 6.09 Å². The average molecular weight is 200 g/mol. The molecular formula is C10H20N2O2. The molecule has 1 aliphatic rings. The van der Waals surface area contributed by atoms with E-state index in [2.05, 4.69) is 12.2 Å². The third-order valence-electron chi connectivity index (χ3n) is 2.45. The molecule has 0 saturated carbocycles. The lowest BCUT2D eigenvalue weighted by Gasteiger charge is -2.32. The van der Waals surface area contributed by atoms with Crippen molar-refractivity contribution in [3.05, 3.63) is 0 Å². The minimum atomic E-state index is -0.147. The maximum Gasteiger partial charge on any atom is 0.409 e. The van der Waals surface area contributed by atoms with E-state index in [4.69, 9.17) is 4.74 Å². The van der Waals surface area contributed by atoms with Gasteiger partial charge in [-0.25, -0.2) is 4.79 Å². The molecular weight excluding hydrogens is 180 g/mol. The van der Waals surface area contributed by atoms with E-state index in [0.717, 1.165) is 32.5 Å². The van der Waals surface area contributed by atoms with Gasteiger partial charge in [-0.1, -0.05) is 13.3 Å². The average Bonchev–Trinajstić information content (AvgIpc) is 2.19. The number of cyclic esters (lactones) is 1. The van der Waals surface area contributed by atoms with E-state index in [1.54, 1.807) is 0 Å². The molecule has 0 aromatic carbocycles. The first-order chi connectivity index (χ1) is 6.77. The van der Waals surface area contributed by atoms with Crippen molar-refractivity contribution in [1.82, 2.24) is 10.2 Å². The van der Waals surface area contributed by atoms with Gasteiger partial charge in [0.2, 0.25) is 0 Å². The van der Waals surface area contributed by atoms with Crippen molar-refractivity contribution in [2.45, 2.75) is 19.8 Å². The number of nitrogens with one attached hydrogen (secondary N) is 1. The summed E-state index contributed by atoms with van der Waals surface area (Å²) in [6.07, 6.45) is 2.02. The SMILES string of the molecule is CCCCN1CC(CNC)COC1=O. The molecule has 0 aliphatic carbocycles. The van der Waals surface area contributed by atoms with E-state index in [-0.39, 0.29) is 6.09 Å². The predicted octanol–water partition coefficient (Wildman–Crippen LogP) is 1.07. The molecule has 1 N–H and O–H groups in total. The van der Waals surface area contributed by atoms with Crippen LogP contribution in [0.1, 0.15) is 19.8 Å². The molecule has 4 heteroatoms. The molecule has 0 spiro atoms. The highest BCUT2D eigenvalue weighted by Gasteiger charge is 2.25. The molecule has 1 heterocycles. The van der Waals surface area contributed by atoms with Gasteiger partial charge in [-0.15, -0.1) is 0 Å². The van der Waals surface area contributed by atoms with Crippen molar-refractivity contribution in [2.75, 3.05) is 33.3 Å². The number of unbranched alkanes of at least 4 members (excludes halogenated alkanes) is 1. The van der Waals surface area contributed by atoms with Gasteiger partial charge in [-0.2, -0.15) is 0 Å². The maximum absolute atomic E-state index is 11.3. The van der Waals surface area contributed by atoms with Gasteiger partial charge in [0.05, 0.1) is 6.61 Å². The van der Waals surface area contributed by atoms with E-state index >= 15 is 0 Å². The highest BCUT2D eigenvalue weighted by molar-refractivity contribution is 5.68. The maximum atomic E-state index is 11.3. The van der Waals surface area contributed by atoms with Crippen molar-refractivity contribution in [3.8, 4) is 0 Å². The van der Waals surface area contributed by atoms with E-state index in [9.17, 15) is 4.79 Å². The van der Waals surface area contributed by atoms with Gasteiger partial charge < -0.3 is 15.0 Å². The van der Waals surface area contributed by atoms with E-state index in [0.29, 0.717) is 12.5 Å². The second-order valence-electron chi connectivity index (χ2n) is 3.80. The molecule has 1 saturated heterocycles. The number of amides is 1. The van der Waals surface area contributed by atoms with Crippen LogP contribution in [0, 0.1) is 5.92 Å². The Kier molecular flexibility index (Phi) is 4.73. The van der Waals surface area contributed by atoms with Crippen molar-refractivity contribution < 1.29 is 9.53 Å². The van der Waals surface area contributed by atoms with Gasteiger partial charge in [0.1, 0.15) is 0 Å². The van der Waals surface area contributed by atoms with Crippen LogP contribution >= 0.6 is 0 Å². The van der Waals surface area contributed by atoms with Gasteiger partial charge >= 0.3 is 6.09 Å². The van der Waals surface area contributed by atoms with Gasteiger partial charge in [-0.05, 0) is 13.5 Å². The Balaban J connectivity index is 2.34. The summed E-state index contributed by atoms with van der Waals surface area (Å²) in [5.74, 6) is 0.439. The number of carbonyl (C=O) groups excluding carboxylic acids is 1. The van der Waals surface area contributed by atoms with Gasteiger partial charge in [0.15, 0.2) is 0 Å². The molecule has 14 heavy (non-hydrogen) atoms. The number of rotatable bonds is 5. The van der Waals surface area contributed by atoms with Crippen LogP contribution < -0.4 is 5.32 Å². The Morgan fingerprint density at radius 3 is 3.07 bits per heavy atom. The van der Waals surface area contributed by atoms with Gasteiger partial charge in [0.25, 0.3) is 0 Å². The smallest absolute Gasteiger partial charge is 0.409 e. The number of hydrogen-bond acceptors (Lipinski definition) is 3. The zero-order valence-corrected chi connectivity index (χ0v) is 9.08. The van der Waals surface area contributed by atoms with Crippen LogP contribution in [0.15, 0.2) is 0 Å². The third-order valence-corrected chi connectivity index (χ3v) is 2.45. The van der Waals surface area contributed by atoms with Crippen LogP contribution in [0.3, 0.4) is 0 Å². The fourth-order valence-electron chi connectivity index (χ4n) is 1.66. The summed E-state index contributed by atoms with van der Waals surface area (Å²) in [6, 6.07) is 0. The summed E-state index contributed by atoms with van der Waals surface area (Å²) in [7, 11) is 1.92. The molecule has 82 valence electrons. The molecule has 1 rings (SSSR count). The number of nitrogens with zero attached hydrogens (tertiary/aromatic N) is 1. The van der Waals surface area contributed by atoms with E-state index < -0.39 is 0 Å². The monoisotopic (exact) mass is 200 g/mol. The molecule has 1 amide bonds. The highest BCUT2D eigenvalue weighted by Crippen LogP contribution is 2.11. The minimum absolute atomic E-state index is 0.147. The molecule has 1 fully saturated rings. The quantitative estimate of drug-likeness (QED) is 0.722. The van der Waals surface area contributed by atoms with Crippen LogP contribution in [0.4, 0.5) is 4.79 Å². The topological polar surface area (TPSA) is 41.6 Å². The summed E-state index contributed by atoms with van der Waals surface area (Å²) >= 11 is 0. The lowest BCUT2D eigenvalue weighted by atomic mass is 10.1. The largest absolute Gasteiger partial charge is 0.449 e. The van der Waals surface area contributed by atoms with Gasteiger partial charge in [0, 0.05) is 25.6 Å². The summed E-state index contributed by atoms with van der Waals surface area (Å²) in [4.78, 5) is 13.1. The molecule has 1 aliphatic heterocycles. The lowest BCUT2D eigenvalue weighted by molar-refractivity contribution is 0.0433. The fraction of sp³-hybridized carbons (Fsp3) is 0.900. The zero-order chi connectivity index (χ0) is 10.4. The van der Waals surface area contributed by atoms with E-state index in [1.807, 2.05) is 11.9 Å². The van der Waals surface area contributed by atoms with Crippen molar-refractivity contribution in [2.24, 2.45) is 5.92 Å². The molecule has 0 aromatic rings. The fourth-order valence-corrected chi connectivity index (χ4v) is 1.66. The first-order valence-corrected chi connectivity index (χ1v) is 5.34. The van der Waals surface area contributed by atoms with Crippen molar-refractivity contribution in [1.29, 1.82) is 0 Å². The van der Waals surface area contributed by atoms with Crippen LogP contribution in [-0.2, 0) is 4.74 Å². The third kappa shape index (κ3) is 3.18. The normalized spacial score (nSPS) is 22.3. The standard InChI is InChI=1S/C10H20N2O2/c1-3-4-5-12-7-9(6-11-2)8-14-10(12)13/h9,11H,3-8H2,1-2H3. The Morgan fingerprint density at radius 2 is 2.43 bits per heavy atom. The first-order valence-electron chi connectivity index (χ1n) is 5.34. The van der Waals surface area contributed by atoms with Crippen LogP contribution in [-0.4, -0.2) is 44.3 Å². The van der Waals surface area contributed by atoms with E-state index in [1.165, 1.54) is 0 Å². The Morgan fingerprint density at radius 1 is 1.64 bits per heavy atom. The molecule has 4 nitrogen and oxygen atoms in total. The molecule has 0 aromatic heterocycles. The molecule has 1 atom stereocenters. The molecule has 1 unspecified atom stereocenters. The van der Waals surface area contributed by atoms with Crippen molar-refractivity contribution in [3.63, 3.8) is 0 Å². The Hall–Kier alpha value is -0.770. The summed E-state index contributed by atoms with van der Waals surface area (Å²) in [5.41, 5.74) is 0. The Labute approximate surface area is 85.6 Å². The number of hydrogen-bond donors (Lipinski definition) is 1. The highest BCUT2D eigenvalue weighted by atomic mass is 16.6.